The average Bonchev–Trinajstić information content (AvgIpc) is 3.07. The molecular formula is C23H26N2O5. The fourth-order valence-electron chi connectivity index (χ4n) is 3.56. The highest BCUT2D eigenvalue weighted by Crippen LogP contribution is 2.28. The molecule has 1 unspecified atom stereocenters. The smallest absolute Gasteiger partial charge is 0.257 e. The Balaban J connectivity index is 1.77. The first-order valence-corrected chi connectivity index (χ1v) is 9.91. The van der Waals surface area contributed by atoms with Gasteiger partial charge in [0.05, 0.1) is 26.3 Å². The maximum absolute atomic E-state index is 13.1. The summed E-state index contributed by atoms with van der Waals surface area (Å²) in [5.74, 6) is 0.560. The number of anilines is 1. The average molecular weight is 410 g/mol. The summed E-state index contributed by atoms with van der Waals surface area (Å²) in [6.07, 6.45) is 0.832. The van der Waals surface area contributed by atoms with Crippen LogP contribution in [0.15, 0.2) is 48.5 Å². The fourth-order valence-corrected chi connectivity index (χ4v) is 3.56. The summed E-state index contributed by atoms with van der Waals surface area (Å²) in [5, 5.41) is 0. The van der Waals surface area contributed by atoms with Gasteiger partial charge in [0, 0.05) is 13.0 Å². The van der Waals surface area contributed by atoms with Gasteiger partial charge in [-0.2, -0.15) is 0 Å². The second kappa shape index (κ2) is 9.43. The third-order valence-electron chi connectivity index (χ3n) is 5.25. The predicted octanol–water partition coefficient (Wildman–Crippen LogP) is 2.82. The summed E-state index contributed by atoms with van der Waals surface area (Å²) in [6.45, 7) is 2.12. The van der Waals surface area contributed by atoms with E-state index >= 15 is 0 Å². The largest absolute Gasteiger partial charge is 0.497 e. The first-order chi connectivity index (χ1) is 14.5. The molecule has 7 heteroatoms. The van der Waals surface area contributed by atoms with Crippen LogP contribution in [0.5, 0.6) is 11.5 Å². The first-order valence-electron chi connectivity index (χ1n) is 9.91. The van der Waals surface area contributed by atoms with Crippen molar-refractivity contribution in [2.45, 2.75) is 32.2 Å². The van der Waals surface area contributed by atoms with Gasteiger partial charge in [-0.3, -0.25) is 14.4 Å². The van der Waals surface area contributed by atoms with E-state index in [1.807, 2.05) is 24.3 Å². The van der Waals surface area contributed by atoms with E-state index in [0.717, 1.165) is 16.2 Å². The predicted molar refractivity (Wildman–Crippen MR) is 113 cm³/mol. The lowest BCUT2D eigenvalue weighted by molar-refractivity contribution is -0.138. The molecule has 3 rings (SSSR count). The molecule has 0 aromatic heterocycles. The molecule has 158 valence electrons. The number of hydrogen-bond acceptors (Lipinski definition) is 5. The minimum absolute atomic E-state index is 0.0147. The van der Waals surface area contributed by atoms with E-state index in [9.17, 15) is 14.4 Å². The third-order valence-corrected chi connectivity index (χ3v) is 5.25. The van der Waals surface area contributed by atoms with Gasteiger partial charge in [-0.25, -0.2) is 4.90 Å². The zero-order chi connectivity index (χ0) is 21.7. The molecule has 3 amide bonds. The number of rotatable bonds is 8. The number of nitrogens with zero attached hydrogens (tertiary/aromatic N) is 2. The molecule has 1 aliphatic heterocycles. The van der Waals surface area contributed by atoms with Crippen LogP contribution in [0.25, 0.3) is 0 Å². The molecule has 1 aliphatic rings. The number of carbonyl (C=O) groups excluding carboxylic acids is 3. The molecule has 1 saturated heterocycles. The normalized spacial score (nSPS) is 16.0. The molecule has 30 heavy (non-hydrogen) atoms. The molecule has 0 radical (unpaired) electrons. The molecule has 1 fully saturated rings. The SMILES string of the molecule is CCC(=O)N(CCc1ccc(OC)cc1)C1CC(=O)N(c2ccc(OC)cc2)C1=O. The summed E-state index contributed by atoms with van der Waals surface area (Å²) < 4.78 is 10.3. The maximum Gasteiger partial charge on any atom is 0.257 e. The second-order valence-corrected chi connectivity index (χ2v) is 7.02. The van der Waals surface area contributed by atoms with Crippen molar-refractivity contribution < 1.29 is 23.9 Å². The molecule has 0 bridgehead atoms. The standard InChI is InChI=1S/C23H26N2O5/c1-4-21(26)24(14-13-16-5-9-18(29-2)10-6-16)20-15-22(27)25(23(20)28)17-7-11-19(30-3)12-8-17/h5-12,20H,4,13-15H2,1-3H3. The van der Waals surface area contributed by atoms with Gasteiger partial charge in [-0.05, 0) is 48.4 Å². The lowest BCUT2D eigenvalue weighted by atomic mass is 10.1. The van der Waals surface area contributed by atoms with E-state index in [1.165, 1.54) is 4.90 Å². The van der Waals surface area contributed by atoms with Crippen molar-refractivity contribution in [2.24, 2.45) is 0 Å². The van der Waals surface area contributed by atoms with Gasteiger partial charge < -0.3 is 14.4 Å². The number of hydrogen-bond donors (Lipinski definition) is 0. The molecular weight excluding hydrogens is 384 g/mol. The molecule has 0 N–H and O–H groups in total. The summed E-state index contributed by atoms with van der Waals surface area (Å²) in [7, 11) is 3.15. The van der Waals surface area contributed by atoms with Crippen LogP contribution in [0, 0.1) is 0 Å². The second-order valence-electron chi connectivity index (χ2n) is 7.02. The monoisotopic (exact) mass is 410 g/mol. The van der Waals surface area contributed by atoms with Gasteiger partial charge in [0.1, 0.15) is 17.5 Å². The van der Waals surface area contributed by atoms with Crippen molar-refractivity contribution in [3.63, 3.8) is 0 Å². The Morgan fingerprint density at radius 3 is 2.10 bits per heavy atom. The number of ether oxygens (including phenoxy) is 2. The highest BCUT2D eigenvalue weighted by molar-refractivity contribution is 6.23. The lowest BCUT2D eigenvalue weighted by Gasteiger charge is -2.27. The van der Waals surface area contributed by atoms with Crippen LogP contribution in [0.1, 0.15) is 25.3 Å². The number of imide groups is 1. The van der Waals surface area contributed by atoms with Crippen LogP contribution in [-0.4, -0.2) is 49.4 Å². The van der Waals surface area contributed by atoms with Gasteiger partial charge in [0.2, 0.25) is 11.8 Å². The van der Waals surface area contributed by atoms with Gasteiger partial charge in [-0.15, -0.1) is 0 Å². The van der Waals surface area contributed by atoms with Crippen molar-refractivity contribution in [3.8, 4) is 11.5 Å². The van der Waals surface area contributed by atoms with Gasteiger partial charge >= 0.3 is 0 Å². The summed E-state index contributed by atoms with van der Waals surface area (Å²) in [6, 6.07) is 13.5. The van der Waals surface area contributed by atoms with E-state index in [2.05, 4.69) is 0 Å². The maximum atomic E-state index is 13.1. The van der Waals surface area contributed by atoms with E-state index in [4.69, 9.17) is 9.47 Å². The number of carbonyl (C=O) groups is 3. The molecule has 0 aliphatic carbocycles. The number of benzene rings is 2. The van der Waals surface area contributed by atoms with Crippen LogP contribution < -0.4 is 14.4 Å². The number of amides is 3. The Morgan fingerprint density at radius 2 is 1.57 bits per heavy atom. The van der Waals surface area contributed by atoms with Crippen LogP contribution in [0.4, 0.5) is 5.69 Å². The molecule has 7 nitrogen and oxygen atoms in total. The molecule has 2 aromatic rings. The van der Waals surface area contributed by atoms with Crippen LogP contribution in [0.3, 0.4) is 0 Å². The van der Waals surface area contributed by atoms with Crippen LogP contribution in [-0.2, 0) is 20.8 Å². The fraction of sp³-hybridized carbons (Fsp3) is 0.348. The van der Waals surface area contributed by atoms with Gasteiger partial charge in [0.15, 0.2) is 0 Å². The first kappa shape index (κ1) is 21.4. The van der Waals surface area contributed by atoms with Crippen molar-refractivity contribution in [2.75, 3.05) is 25.7 Å². The highest BCUT2D eigenvalue weighted by atomic mass is 16.5. The number of methoxy groups -OCH3 is 2. The Hall–Kier alpha value is -3.35. The Bertz CT molecular complexity index is 908. The van der Waals surface area contributed by atoms with Crippen molar-refractivity contribution in [1.82, 2.24) is 4.90 Å². The summed E-state index contributed by atoms with van der Waals surface area (Å²) >= 11 is 0. The zero-order valence-electron chi connectivity index (χ0n) is 17.5. The summed E-state index contributed by atoms with van der Waals surface area (Å²) in [5.41, 5.74) is 1.50. The van der Waals surface area contributed by atoms with Crippen molar-refractivity contribution in [3.05, 3.63) is 54.1 Å². The Kier molecular flexibility index (Phi) is 6.72. The van der Waals surface area contributed by atoms with E-state index in [1.54, 1.807) is 45.4 Å². The zero-order valence-corrected chi connectivity index (χ0v) is 17.5. The van der Waals surface area contributed by atoms with Gasteiger partial charge in [0.25, 0.3) is 5.91 Å². The minimum atomic E-state index is -0.787. The summed E-state index contributed by atoms with van der Waals surface area (Å²) in [4.78, 5) is 41.0. The molecule has 0 saturated carbocycles. The molecule has 2 aromatic carbocycles. The molecule has 1 atom stereocenters. The van der Waals surface area contributed by atoms with Crippen molar-refractivity contribution in [1.29, 1.82) is 0 Å². The van der Waals surface area contributed by atoms with E-state index in [-0.39, 0.29) is 30.6 Å². The van der Waals surface area contributed by atoms with Crippen molar-refractivity contribution >= 4 is 23.4 Å². The quantitative estimate of drug-likeness (QED) is 0.626. The minimum Gasteiger partial charge on any atom is -0.497 e. The Labute approximate surface area is 176 Å². The van der Waals surface area contributed by atoms with E-state index in [0.29, 0.717) is 24.4 Å². The van der Waals surface area contributed by atoms with Gasteiger partial charge in [-0.1, -0.05) is 19.1 Å². The molecule has 1 heterocycles. The van der Waals surface area contributed by atoms with Crippen LogP contribution in [0.2, 0.25) is 0 Å². The topological polar surface area (TPSA) is 76.2 Å². The van der Waals surface area contributed by atoms with Crippen LogP contribution >= 0.6 is 0 Å². The molecule has 0 spiro atoms. The lowest BCUT2D eigenvalue weighted by Crippen LogP contribution is -2.46. The third kappa shape index (κ3) is 4.45. The van der Waals surface area contributed by atoms with E-state index < -0.39 is 6.04 Å². The highest BCUT2D eigenvalue weighted by Gasteiger charge is 2.43. The Morgan fingerprint density at radius 1 is 1.00 bits per heavy atom.